The summed E-state index contributed by atoms with van der Waals surface area (Å²) in [6.07, 6.45) is 0. The molecule has 0 radical (unpaired) electrons. The van der Waals surface area contributed by atoms with Crippen molar-refractivity contribution < 1.29 is 9.53 Å². The maximum Gasteiger partial charge on any atom is 0.255 e. The second-order valence-electron chi connectivity index (χ2n) is 4.21. The Morgan fingerprint density at radius 1 is 1.29 bits per heavy atom. The van der Waals surface area contributed by atoms with Crippen molar-refractivity contribution in [2.75, 3.05) is 12.4 Å². The van der Waals surface area contributed by atoms with Gasteiger partial charge < -0.3 is 15.8 Å². The number of hydrogen-bond acceptors (Lipinski definition) is 3. The van der Waals surface area contributed by atoms with Crippen molar-refractivity contribution in [3.63, 3.8) is 0 Å². The first kappa shape index (κ1) is 15.3. The molecule has 1 amide bonds. The van der Waals surface area contributed by atoms with Crippen molar-refractivity contribution in [1.29, 1.82) is 0 Å². The van der Waals surface area contributed by atoms with Gasteiger partial charge in [0.25, 0.3) is 5.91 Å². The molecule has 0 atom stereocenters. The minimum atomic E-state index is -0.320. The Bertz CT molecular complexity index is 704. The average molecular weight is 321 g/mol. The first-order chi connectivity index (χ1) is 10.0. The molecule has 4 nitrogen and oxygen atoms in total. The molecule has 0 spiro atoms. The second kappa shape index (κ2) is 6.56. The molecular formula is C15H13ClN2O2S. The van der Waals surface area contributed by atoms with Gasteiger partial charge in [0, 0.05) is 16.1 Å². The molecule has 0 unspecified atom stereocenters. The summed E-state index contributed by atoms with van der Waals surface area (Å²) in [7, 11) is 1.51. The number of ether oxygens (including phenoxy) is 1. The molecule has 3 N–H and O–H groups in total. The van der Waals surface area contributed by atoms with Crippen LogP contribution in [0.15, 0.2) is 42.5 Å². The number of anilines is 1. The van der Waals surface area contributed by atoms with Gasteiger partial charge in [0.05, 0.1) is 12.8 Å². The first-order valence-corrected chi connectivity index (χ1v) is 6.85. The lowest BCUT2D eigenvalue weighted by atomic mass is 10.1. The number of methoxy groups -OCH3 is 1. The van der Waals surface area contributed by atoms with Gasteiger partial charge in [-0.1, -0.05) is 36.0 Å². The molecule has 0 saturated carbocycles. The fourth-order valence-corrected chi connectivity index (χ4v) is 2.21. The molecule has 2 rings (SSSR count). The van der Waals surface area contributed by atoms with Crippen LogP contribution in [0.1, 0.15) is 15.9 Å². The summed E-state index contributed by atoms with van der Waals surface area (Å²) >= 11 is 10.9. The third kappa shape index (κ3) is 3.51. The Hall–Kier alpha value is -2.11. The number of carbonyl (C=O) groups is 1. The van der Waals surface area contributed by atoms with Crippen LogP contribution in [0.25, 0.3) is 0 Å². The number of amides is 1. The Balaban J connectivity index is 2.39. The van der Waals surface area contributed by atoms with Crippen LogP contribution in [0.2, 0.25) is 5.02 Å². The largest absolute Gasteiger partial charge is 0.495 e. The normalized spacial score (nSPS) is 10.0. The SMILES string of the molecule is COc1cccc(C(N)=S)c1NC(=O)c1cccc(Cl)c1. The van der Waals surface area contributed by atoms with Crippen LogP contribution in [0, 0.1) is 0 Å². The molecule has 0 bridgehead atoms. The van der Waals surface area contributed by atoms with Crippen LogP contribution in [0.4, 0.5) is 5.69 Å². The van der Waals surface area contributed by atoms with Crippen LogP contribution in [0.3, 0.4) is 0 Å². The van der Waals surface area contributed by atoms with Gasteiger partial charge in [-0.2, -0.15) is 0 Å². The Kier molecular flexibility index (Phi) is 4.77. The fraction of sp³-hybridized carbons (Fsp3) is 0.0667. The monoisotopic (exact) mass is 320 g/mol. The number of para-hydroxylation sites is 1. The van der Waals surface area contributed by atoms with E-state index in [1.54, 1.807) is 42.5 Å². The molecule has 2 aromatic rings. The highest BCUT2D eigenvalue weighted by molar-refractivity contribution is 7.80. The zero-order valence-electron chi connectivity index (χ0n) is 11.2. The molecule has 6 heteroatoms. The van der Waals surface area contributed by atoms with Gasteiger partial charge in [0.15, 0.2) is 0 Å². The number of rotatable bonds is 4. The molecule has 0 aliphatic rings. The van der Waals surface area contributed by atoms with Gasteiger partial charge in [-0.15, -0.1) is 0 Å². The van der Waals surface area contributed by atoms with Crippen molar-refractivity contribution in [2.24, 2.45) is 5.73 Å². The highest BCUT2D eigenvalue weighted by Crippen LogP contribution is 2.29. The predicted octanol–water partition coefficient (Wildman–Crippen LogP) is 3.24. The zero-order chi connectivity index (χ0) is 15.4. The van der Waals surface area contributed by atoms with Crippen LogP contribution >= 0.6 is 23.8 Å². The molecule has 0 saturated heterocycles. The van der Waals surface area contributed by atoms with Gasteiger partial charge in [0.1, 0.15) is 10.7 Å². The van der Waals surface area contributed by atoms with Crippen molar-refractivity contribution in [3.05, 3.63) is 58.6 Å². The summed E-state index contributed by atoms with van der Waals surface area (Å²) in [5.74, 6) is 0.162. The highest BCUT2D eigenvalue weighted by atomic mass is 35.5. The lowest BCUT2D eigenvalue weighted by Gasteiger charge is -2.14. The van der Waals surface area contributed by atoms with Gasteiger partial charge in [0.2, 0.25) is 0 Å². The number of halogens is 1. The van der Waals surface area contributed by atoms with Gasteiger partial charge in [-0.25, -0.2) is 0 Å². The van der Waals surface area contributed by atoms with E-state index in [9.17, 15) is 4.79 Å². The summed E-state index contributed by atoms with van der Waals surface area (Å²) in [5, 5.41) is 3.25. The average Bonchev–Trinajstić information content (AvgIpc) is 2.47. The van der Waals surface area contributed by atoms with Gasteiger partial charge in [-0.05, 0) is 30.3 Å². The van der Waals surface area contributed by atoms with E-state index in [2.05, 4.69) is 5.32 Å². The first-order valence-electron chi connectivity index (χ1n) is 6.06. The molecule has 0 fully saturated rings. The third-order valence-corrected chi connectivity index (χ3v) is 3.29. The summed E-state index contributed by atoms with van der Waals surface area (Å²) in [5.41, 5.74) is 7.10. The number of nitrogens with two attached hydrogens (primary N) is 1. The van der Waals surface area contributed by atoms with Crippen molar-refractivity contribution in [3.8, 4) is 5.75 Å². The van der Waals surface area contributed by atoms with Gasteiger partial charge >= 0.3 is 0 Å². The van der Waals surface area contributed by atoms with Gasteiger partial charge in [-0.3, -0.25) is 4.79 Å². The van der Waals surface area contributed by atoms with E-state index in [-0.39, 0.29) is 10.9 Å². The summed E-state index contributed by atoms with van der Waals surface area (Å²) in [4.78, 5) is 12.5. The van der Waals surface area contributed by atoms with E-state index in [1.165, 1.54) is 7.11 Å². The summed E-state index contributed by atoms with van der Waals surface area (Å²) in [6, 6.07) is 11.8. The van der Waals surface area contributed by atoms with E-state index in [0.717, 1.165) is 0 Å². The molecule has 21 heavy (non-hydrogen) atoms. The number of nitrogens with one attached hydrogen (secondary N) is 1. The molecule has 108 valence electrons. The smallest absolute Gasteiger partial charge is 0.255 e. The molecular weight excluding hydrogens is 308 g/mol. The van der Waals surface area contributed by atoms with E-state index in [0.29, 0.717) is 27.6 Å². The number of hydrogen-bond donors (Lipinski definition) is 2. The van der Waals surface area contributed by atoms with Crippen molar-refractivity contribution >= 4 is 40.4 Å². The molecule has 2 aromatic carbocycles. The highest BCUT2D eigenvalue weighted by Gasteiger charge is 2.15. The van der Waals surface area contributed by atoms with Crippen LogP contribution in [0.5, 0.6) is 5.75 Å². The quantitative estimate of drug-likeness (QED) is 0.849. The second-order valence-corrected chi connectivity index (χ2v) is 5.09. The van der Waals surface area contributed by atoms with E-state index in [4.69, 9.17) is 34.3 Å². The van der Waals surface area contributed by atoms with E-state index >= 15 is 0 Å². The topological polar surface area (TPSA) is 64.3 Å². The number of thiocarbonyl (C=S) groups is 1. The van der Waals surface area contributed by atoms with Crippen LogP contribution in [-0.4, -0.2) is 18.0 Å². The van der Waals surface area contributed by atoms with Crippen molar-refractivity contribution in [2.45, 2.75) is 0 Å². The van der Waals surface area contributed by atoms with Crippen LogP contribution < -0.4 is 15.8 Å². The minimum absolute atomic E-state index is 0.176. The lowest BCUT2D eigenvalue weighted by Crippen LogP contribution is -2.18. The molecule has 0 heterocycles. The Labute approximate surface area is 132 Å². The van der Waals surface area contributed by atoms with E-state index in [1.807, 2.05) is 0 Å². The summed E-state index contributed by atoms with van der Waals surface area (Å²) < 4.78 is 5.24. The number of carbonyl (C=O) groups excluding carboxylic acids is 1. The Morgan fingerprint density at radius 2 is 2.00 bits per heavy atom. The molecule has 0 aromatic heterocycles. The summed E-state index contributed by atoms with van der Waals surface area (Å²) in [6.45, 7) is 0. The fourth-order valence-electron chi connectivity index (χ4n) is 1.85. The maximum absolute atomic E-state index is 12.3. The Morgan fingerprint density at radius 3 is 2.62 bits per heavy atom. The van der Waals surface area contributed by atoms with Crippen LogP contribution in [-0.2, 0) is 0 Å². The zero-order valence-corrected chi connectivity index (χ0v) is 12.8. The maximum atomic E-state index is 12.3. The lowest BCUT2D eigenvalue weighted by molar-refractivity contribution is 0.102. The standard InChI is InChI=1S/C15H13ClN2O2S/c1-20-12-7-3-6-11(14(17)21)13(12)18-15(19)9-4-2-5-10(16)8-9/h2-8H,1H3,(H2,17,21)(H,18,19). The third-order valence-electron chi connectivity index (χ3n) is 2.84. The predicted molar refractivity (Wildman–Crippen MR) is 88.3 cm³/mol. The molecule has 0 aliphatic heterocycles. The van der Waals surface area contributed by atoms with E-state index < -0.39 is 0 Å². The minimum Gasteiger partial charge on any atom is -0.495 e. The van der Waals surface area contributed by atoms with Crippen molar-refractivity contribution in [1.82, 2.24) is 0 Å². The number of benzene rings is 2. The molecule has 0 aliphatic carbocycles.